The molecule has 0 spiro atoms. The van der Waals surface area contributed by atoms with Gasteiger partial charge in [-0.05, 0) is 0 Å². The summed E-state index contributed by atoms with van der Waals surface area (Å²) in [7, 11) is 9.75. The first-order valence-corrected chi connectivity index (χ1v) is 18.2. The second-order valence-electron chi connectivity index (χ2n) is 9.51. The molecule has 4 rings (SSSR count). The predicted molar refractivity (Wildman–Crippen MR) is 126 cm³/mol. The molecular weight excluding hydrogens is 582 g/mol. The van der Waals surface area contributed by atoms with Crippen LogP contribution in [0.1, 0.15) is 128 Å². The number of halogens is 2. The molecule has 0 aliphatic heterocycles. The van der Waals surface area contributed by atoms with E-state index in [9.17, 15) is 0 Å². The fourth-order valence-corrected chi connectivity index (χ4v) is 5.52. The van der Waals surface area contributed by atoms with Crippen molar-refractivity contribution in [3.63, 3.8) is 0 Å². The molecule has 4 aliphatic rings. The molecule has 174 valence electrons. The van der Waals surface area contributed by atoms with Gasteiger partial charge in [0.15, 0.2) is 0 Å². The third-order valence-electron chi connectivity index (χ3n) is 7.14. The van der Waals surface area contributed by atoms with Gasteiger partial charge in [0, 0.05) is 0 Å². The molecule has 4 fully saturated rings. The monoisotopic (exact) mass is 625 g/mol. The summed E-state index contributed by atoms with van der Waals surface area (Å²) in [5.74, 6) is 0. The molecule has 0 bridgehead atoms. The first kappa shape index (κ1) is 26.4. The van der Waals surface area contributed by atoms with E-state index < -0.39 is 16.5 Å². The minimum absolute atomic E-state index is 0.472. The average molecular weight is 627 g/mol. The van der Waals surface area contributed by atoms with Crippen molar-refractivity contribution in [2.24, 2.45) is 0 Å². The van der Waals surface area contributed by atoms with Crippen LogP contribution in [-0.4, -0.2) is 24.2 Å². The van der Waals surface area contributed by atoms with E-state index in [0.29, 0.717) is 0 Å². The Balaban J connectivity index is 0.000000183. The second-order valence-corrected chi connectivity index (χ2v) is 12.8. The Hall–Kier alpha value is 1.19. The summed E-state index contributed by atoms with van der Waals surface area (Å²) in [5, 5.41) is 9.99. The molecule has 0 aromatic carbocycles. The van der Waals surface area contributed by atoms with Crippen molar-refractivity contribution < 1.29 is 16.5 Å². The van der Waals surface area contributed by atoms with E-state index in [2.05, 4.69) is 0 Å². The first-order chi connectivity index (χ1) is 14.3. The zero-order chi connectivity index (χ0) is 20.6. The van der Waals surface area contributed by atoms with Gasteiger partial charge >= 0.3 is 35.3 Å². The average Bonchev–Trinajstić information content (AvgIpc) is 2.78. The van der Waals surface area contributed by atoms with Gasteiger partial charge in [-0.25, -0.2) is 0 Å². The molecule has 5 heteroatoms. The van der Waals surface area contributed by atoms with Gasteiger partial charge in [0.25, 0.3) is 0 Å². The van der Waals surface area contributed by atoms with Gasteiger partial charge in [0.05, 0.1) is 0 Å². The molecule has 2 nitrogen and oxygen atoms in total. The van der Waals surface area contributed by atoms with Crippen LogP contribution in [0, 0.1) is 0 Å². The summed E-state index contributed by atoms with van der Waals surface area (Å²) < 4.78 is 0. The molecular formula is C24H44Cl2N2Pt. The summed E-state index contributed by atoms with van der Waals surface area (Å²) in [6.45, 7) is 0. The topological polar surface area (TPSA) is 28.2 Å². The minimum atomic E-state index is -0.472. The van der Waals surface area contributed by atoms with E-state index in [-0.39, 0.29) is 0 Å². The van der Waals surface area contributed by atoms with E-state index in [1.807, 2.05) is 0 Å². The van der Waals surface area contributed by atoms with Gasteiger partial charge in [-0.2, -0.15) is 0 Å². The van der Waals surface area contributed by atoms with Crippen molar-refractivity contribution >= 4 is 18.8 Å². The van der Waals surface area contributed by atoms with Gasteiger partial charge in [0.1, 0.15) is 0 Å². The fraction of sp³-hybridized carbons (Fsp3) is 1.00. The van der Waals surface area contributed by atoms with E-state index in [1.54, 1.807) is 0 Å². The summed E-state index contributed by atoms with van der Waals surface area (Å²) in [4.78, 5) is 0. The van der Waals surface area contributed by atoms with Crippen LogP contribution in [0.15, 0.2) is 0 Å². The van der Waals surface area contributed by atoms with Gasteiger partial charge in [-0.15, -0.1) is 24.2 Å². The van der Waals surface area contributed by atoms with E-state index in [4.69, 9.17) is 29.5 Å². The van der Waals surface area contributed by atoms with Crippen LogP contribution in [-0.2, 0) is 16.5 Å². The van der Waals surface area contributed by atoms with Crippen molar-refractivity contribution in [2.45, 2.75) is 153 Å². The molecule has 0 aromatic heterocycles. The third-order valence-corrected chi connectivity index (χ3v) is 7.14. The number of hydrogen-bond donors (Lipinski definition) is 0. The molecule has 0 unspecified atom stereocenters. The molecule has 0 saturated heterocycles. The molecule has 0 amide bonds. The molecule has 0 heterocycles. The summed E-state index contributed by atoms with van der Waals surface area (Å²) in [5.41, 5.74) is 0. The standard InChI is InChI=1S/2C12H22N.2ClH.Pt/c2*1-3-7-11(8-4-1)13-12-9-5-2-6-10-12;;;/h2*11-12H,1-10H2;2*1H;/q2*-1;;;+4/p-2. The zero-order valence-corrected chi connectivity index (χ0v) is 22.2. The van der Waals surface area contributed by atoms with E-state index in [0.717, 1.165) is 24.2 Å². The van der Waals surface area contributed by atoms with Crippen molar-refractivity contribution in [2.75, 3.05) is 0 Å². The fourth-order valence-electron chi connectivity index (χ4n) is 5.52. The normalized spacial score (nSPS) is 25.6. The number of rotatable bonds is 4. The van der Waals surface area contributed by atoms with Crippen LogP contribution >= 0.6 is 18.8 Å². The molecule has 29 heavy (non-hydrogen) atoms. The Kier molecular flexibility index (Phi) is 16.1. The Labute approximate surface area is 197 Å². The van der Waals surface area contributed by atoms with Gasteiger partial charge in [-0.1, -0.05) is 128 Å². The third kappa shape index (κ3) is 12.7. The van der Waals surface area contributed by atoms with Crippen LogP contribution in [0.4, 0.5) is 0 Å². The first-order valence-electron chi connectivity index (χ1n) is 12.5. The molecule has 4 saturated carbocycles. The van der Waals surface area contributed by atoms with Crippen LogP contribution in [0.3, 0.4) is 0 Å². The van der Waals surface area contributed by atoms with Crippen LogP contribution in [0.25, 0.3) is 10.6 Å². The SMILES string of the molecule is C1CCC([N-]C2CCCCC2)CC1.C1CCC([N-]C2CCCCC2)CC1.[Cl][Pt+2][Cl]. The number of hydrogen-bond acceptors (Lipinski definition) is 0. The van der Waals surface area contributed by atoms with Gasteiger partial charge in [0.2, 0.25) is 0 Å². The Morgan fingerprint density at radius 1 is 0.379 bits per heavy atom. The Morgan fingerprint density at radius 3 is 0.724 bits per heavy atom. The summed E-state index contributed by atoms with van der Waals surface area (Å²) in [6.07, 6.45) is 28.4. The van der Waals surface area contributed by atoms with E-state index >= 15 is 0 Å². The predicted octanol–water partition coefficient (Wildman–Crippen LogP) is 9.43. The summed E-state index contributed by atoms with van der Waals surface area (Å²) in [6, 6.07) is 2.99. The van der Waals surface area contributed by atoms with Crippen molar-refractivity contribution in [3.8, 4) is 0 Å². The summed E-state index contributed by atoms with van der Waals surface area (Å²) >= 11 is -0.472. The van der Waals surface area contributed by atoms with Crippen molar-refractivity contribution in [1.82, 2.24) is 0 Å². The quantitative estimate of drug-likeness (QED) is 0.298. The molecule has 0 radical (unpaired) electrons. The van der Waals surface area contributed by atoms with Gasteiger partial charge < -0.3 is 10.6 Å². The van der Waals surface area contributed by atoms with Crippen LogP contribution in [0.2, 0.25) is 0 Å². The Morgan fingerprint density at radius 2 is 0.552 bits per heavy atom. The molecule has 0 atom stereocenters. The maximum absolute atomic E-state index is 5.00. The van der Waals surface area contributed by atoms with Crippen molar-refractivity contribution in [3.05, 3.63) is 10.6 Å². The Bertz CT molecular complexity index is 296. The van der Waals surface area contributed by atoms with Crippen LogP contribution in [0.5, 0.6) is 0 Å². The van der Waals surface area contributed by atoms with E-state index in [1.165, 1.54) is 128 Å². The molecule has 0 N–H and O–H groups in total. The van der Waals surface area contributed by atoms with Crippen LogP contribution < -0.4 is 0 Å². The van der Waals surface area contributed by atoms with Gasteiger partial charge in [-0.3, -0.25) is 0 Å². The molecule has 4 aliphatic carbocycles. The second kappa shape index (κ2) is 17.7. The maximum atomic E-state index is 5.00. The zero-order valence-electron chi connectivity index (χ0n) is 18.4. The van der Waals surface area contributed by atoms with Crippen molar-refractivity contribution in [1.29, 1.82) is 0 Å². The number of nitrogens with zero attached hydrogens (tertiary/aromatic N) is 2. The molecule has 0 aromatic rings.